The minimum atomic E-state index is 0.130. The summed E-state index contributed by atoms with van der Waals surface area (Å²) in [6.07, 6.45) is 0. The Kier molecular flexibility index (Phi) is 3.83. The number of hydrogen-bond donors (Lipinski definition) is 0. The van der Waals surface area contributed by atoms with E-state index in [1.165, 1.54) is 0 Å². The highest BCUT2D eigenvalue weighted by Crippen LogP contribution is 2.36. The third-order valence-electron chi connectivity index (χ3n) is 6.02. The molecule has 0 unspecified atom stereocenters. The minimum absolute atomic E-state index is 0.130. The van der Waals surface area contributed by atoms with Gasteiger partial charge in [0.2, 0.25) is 11.2 Å². The van der Waals surface area contributed by atoms with Gasteiger partial charge in [-0.05, 0) is 35.9 Å². The maximum absolute atomic E-state index is 6.44. The van der Waals surface area contributed by atoms with Gasteiger partial charge in [0, 0.05) is 21.5 Å². The topological polar surface area (TPSA) is 56.7 Å². The summed E-state index contributed by atoms with van der Waals surface area (Å²) < 4.78 is 8.23. The first kappa shape index (κ1) is 18.4. The molecule has 0 saturated carbocycles. The summed E-state index contributed by atoms with van der Waals surface area (Å²) in [5, 5.41) is 4.45. The second-order valence-electron chi connectivity index (χ2n) is 7.88. The third-order valence-corrected chi connectivity index (χ3v) is 6.19. The van der Waals surface area contributed by atoms with Crippen LogP contribution in [0.15, 0.2) is 95.4 Å². The number of fused-ring (bicyclic) bond motifs is 6. The molecule has 7 aromatic rings. The zero-order valence-corrected chi connectivity index (χ0v) is 18.0. The summed E-state index contributed by atoms with van der Waals surface area (Å²) >= 11 is 6.44. The normalized spacial score (nSPS) is 11.8. The molecule has 3 heterocycles. The second-order valence-corrected chi connectivity index (χ2v) is 8.22. The number of nitrogens with zero attached hydrogens (tertiary/aromatic N) is 4. The number of furan rings is 1. The zero-order chi connectivity index (χ0) is 21.9. The first-order chi connectivity index (χ1) is 16.3. The van der Waals surface area contributed by atoms with Crippen LogP contribution in [0.2, 0.25) is 5.28 Å². The van der Waals surface area contributed by atoms with Crippen LogP contribution in [0.1, 0.15) is 0 Å². The van der Waals surface area contributed by atoms with Gasteiger partial charge in [0.15, 0.2) is 5.82 Å². The van der Waals surface area contributed by atoms with E-state index in [-0.39, 0.29) is 5.28 Å². The van der Waals surface area contributed by atoms with Crippen molar-refractivity contribution in [3.8, 4) is 17.3 Å². The lowest BCUT2D eigenvalue weighted by molar-refractivity contribution is 0.669. The molecule has 0 N–H and O–H groups in total. The Bertz CT molecular complexity index is 1800. The Labute approximate surface area is 192 Å². The minimum Gasteiger partial charge on any atom is -0.455 e. The van der Waals surface area contributed by atoms with Gasteiger partial charge in [-0.2, -0.15) is 15.0 Å². The smallest absolute Gasteiger partial charge is 0.239 e. The fraction of sp³-hybridized carbons (Fsp3) is 0. The second kappa shape index (κ2) is 6.89. The van der Waals surface area contributed by atoms with Crippen molar-refractivity contribution in [2.75, 3.05) is 0 Å². The molecule has 0 amide bonds. The van der Waals surface area contributed by atoms with E-state index in [4.69, 9.17) is 21.0 Å². The molecule has 0 aliphatic rings. The highest BCUT2D eigenvalue weighted by atomic mass is 35.5. The zero-order valence-electron chi connectivity index (χ0n) is 17.2. The summed E-state index contributed by atoms with van der Waals surface area (Å²) in [5.41, 5.74) is 4.34. The Morgan fingerprint density at radius 1 is 0.606 bits per heavy atom. The van der Waals surface area contributed by atoms with Crippen molar-refractivity contribution >= 4 is 55.3 Å². The molecule has 0 fully saturated rings. The van der Waals surface area contributed by atoms with Crippen LogP contribution < -0.4 is 0 Å². The van der Waals surface area contributed by atoms with Crippen molar-refractivity contribution in [1.29, 1.82) is 0 Å². The third kappa shape index (κ3) is 2.69. The fourth-order valence-corrected chi connectivity index (χ4v) is 4.78. The molecule has 156 valence electrons. The predicted molar refractivity (Wildman–Crippen MR) is 132 cm³/mol. The largest absolute Gasteiger partial charge is 0.455 e. The first-order valence-electron chi connectivity index (χ1n) is 10.6. The number of benzene rings is 4. The first-order valence-corrected chi connectivity index (χ1v) is 11.0. The number of para-hydroxylation sites is 4. The molecule has 7 rings (SSSR count). The van der Waals surface area contributed by atoms with Crippen LogP contribution in [0.25, 0.3) is 61.1 Å². The molecule has 6 heteroatoms. The van der Waals surface area contributed by atoms with E-state index < -0.39 is 0 Å². The average Bonchev–Trinajstić information content (AvgIpc) is 3.39. The van der Waals surface area contributed by atoms with E-state index in [1.807, 2.05) is 65.2 Å². The summed E-state index contributed by atoms with van der Waals surface area (Å²) in [7, 11) is 0. The average molecular weight is 447 g/mol. The van der Waals surface area contributed by atoms with Gasteiger partial charge in [-0.1, -0.05) is 66.7 Å². The van der Waals surface area contributed by atoms with Crippen molar-refractivity contribution in [2.45, 2.75) is 0 Å². The van der Waals surface area contributed by atoms with E-state index in [9.17, 15) is 0 Å². The van der Waals surface area contributed by atoms with Gasteiger partial charge in [-0.3, -0.25) is 4.57 Å². The molecule has 0 radical (unpaired) electrons. The number of hydrogen-bond acceptors (Lipinski definition) is 4. The molecule has 33 heavy (non-hydrogen) atoms. The van der Waals surface area contributed by atoms with Gasteiger partial charge in [0.25, 0.3) is 0 Å². The summed E-state index contributed by atoms with van der Waals surface area (Å²) in [4.78, 5) is 13.8. The molecular formula is C27H15ClN4O. The van der Waals surface area contributed by atoms with E-state index in [0.29, 0.717) is 11.8 Å². The van der Waals surface area contributed by atoms with E-state index >= 15 is 0 Å². The highest BCUT2D eigenvalue weighted by molar-refractivity contribution is 6.28. The van der Waals surface area contributed by atoms with Crippen LogP contribution in [0.4, 0.5) is 0 Å². The summed E-state index contributed by atoms with van der Waals surface area (Å²) in [5.74, 6) is 0.937. The van der Waals surface area contributed by atoms with Gasteiger partial charge in [0.05, 0.1) is 16.6 Å². The van der Waals surface area contributed by atoms with Crippen LogP contribution in [-0.2, 0) is 0 Å². The van der Waals surface area contributed by atoms with Crippen molar-refractivity contribution in [1.82, 2.24) is 19.5 Å². The quantitative estimate of drug-likeness (QED) is 0.282. The Morgan fingerprint density at radius 2 is 1.24 bits per heavy atom. The van der Waals surface area contributed by atoms with Crippen molar-refractivity contribution in [3.63, 3.8) is 0 Å². The molecule has 5 nitrogen and oxygen atoms in total. The number of halogens is 1. The number of aromatic nitrogens is 4. The molecule has 0 saturated heterocycles. The Hall–Kier alpha value is -4.22. The van der Waals surface area contributed by atoms with Crippen LogP contribution in [0.3, 0.4) is 0 Å². The molecule has 0 bridgehead atoms. The molecule has 3 aromatic heterocycles. The van der Waals surface area contributed by atoms with Gasteiger partial charge in [-0.15, -0.1) is 0 Å². The predicted octanol–water partition coefficient (Wildman–Crippen LogP) is 7.19. The fourth-order valence-electron chi connectivity index (χ4n) is 4.62. The standard InChI is InChI=1S/C27H15ClN4O/c28-26-29-25(20-12-7-11-19-18-10-3-6-15-23(18)33-24(19)20)30-27(31-26)32-21-13-4-1-8-16(21)17-9-2-5-14-22(17)32/h1-15H. The lowest BCUT2D eigenvalue weighted by Gasteiger charge is -2.08. The summed E-state index contributed by atoms with van der Waals surface area (Å²) in [6, 6.07) is 30.4. The Balaban J connectivity index is 1.53. The lowest BCUT2D eigenvalue weighted by Crippen LogP contribution is -2.04. The van der Waals surface area contributed by atoms with E-state index in [2.05, 4.69) is 40.3 Å². The maximum Gasteiger partial charge on any atom is 0.239 e. The van der Waals surface area contributed by atoms with Gasteiger partial charge < -0.3 is 4.42 Å². The van der Waals surface area contributed by atoms with Crippen LogP contribution >= 0.6 is 11.6 Å². The number of rotatable bonds is 2. The van der Waals surface area contributed by atoms with E-state index in [0.717, 1.165) is 49.3 Å². The van der Waals surface area contributed by atoms with Crippen LogP contribution in [-0.4, -0.2) is 19.5 Å². The molecule has 0 atom stereocenters. The molecule has 0 spiro atoms. The Morgan fingerprint density at radius 3 is 2.00 bits per heavy atom. The van der Waals surface area contributed by atoms with E-state index in [1.54, 1.807) is 0 Å². The van der Waals surface area contributed by atoms with Gasteiger partial charge in [0.1, 0.15) is 11.2 Å². The monoisotopic (exact) mass is 446 g/mol. The van der Waals surface area contributed by atoms with Crippen molar-refractivity contribution in [2.24, 2.45) is 0 Å². The van der Waals surface area contributed by atoms with Crippen molar-refractivity contribution < 1.29 is 4.42 Å². The SMILES string of the molecule is Clc1nc(-c2cccc3c2oc2ccccc23)nc(-n2c3ccccc3c3ccccc32)n1. The summed E-state index contributed by atoms with van der Waals surface area (Å²) in [6.45, 7) is 0. The molecule has 0 aliphatic carbocycles. The molecule has 4 aromatic carbocycles. The molecular weight excluding hydrogens is 432 g/mol. The van der Waals surface area contributed by atoms with Crippen molar-refractivity contribution in [3.05, 3.63) is 96.3 Å². The lowest BCUT2D eigenvalue weighted by atomic mass is 10.1. The van der Waals surface area contributed by atoms with Crippen LogP contribution in [0, 0.1) is 0 Å². The van der Waals surface area contributed by atoms with Gasteiger partial charge >= 0.3 is 0 Å². The van der Waals surface area contributed by atoms with Gasteiger partial charge in [-0.25, -0.2) is 0 Å². The highest BCUT2D eigenvalue weighted by Gasteiger charge is 2.18. The maximum atomic E-state index is 6.44. The molecule has 0 aliphatic heterocycles. The van der Waals surface area contributed by atoms with Crippen LogP contribution in [0.5, 0.6) is 0 Å².